The van der Waals surface area contributed by atoms with Crippen LogP contribution in [0.3, 0.4) is 0 Å². The molecule has 108 valence electrons. The molecule has 0 aromatic carbocycles. The molecule has 0 saturated carbocycles. The molecule has 0 amide bonds. The normalized spacial score (nSPS) is 11.8. The number of H-pyrrole nitrogens is 1. The van der Waals surface area contributed by atoms with Crippen molar-refractivity contribution in [3.63, 3.8) is 0 Å². The number of ether oxygens (including phenoxy) is 1. The van der Waals surface area contributed by atoms with E-state index in [-0.39, 0.29) is 18.8 Å². The highest BCUT2D eigenvalue weighted by Crippen LogP contribution is 2.07. The van der Waals surface area contributed by atoms with Crippen LogP contribution in [-0.4, -0.2) is 44.0 Å². The fourth-order valence-corrected chi connectivity index (χ4v) is 1.91. The van der Waals surface area contributed by atoms with Crippen molar-refractivity contribution in [3.8, 4) is 0 Å². The molecule has 1 aromatic heterocycles. The van der Waals surface area contributed by atoms with E-state index in [1.165, 1.54) is 0 Å². The molecule has 1 rings (SSSR count). The number of hydrogen-bond acceptors (Lipinski definition) is 5. The number of aromatic amines is 1. The maximum atomic E-state index is 11.6. The number of hydrogen-bond donors (Lipinski definition) is 2. The summed E-state index contributed by atoms with van der Waals surface area (Å²) in [5.41, 5.74) is 1.08. The van der Waals surface area contributed by atoms with Crippen molar-refractivity contribution in [2.24, 2.45) is 5.92 Å². The standard InChI is InChI=1S/C11H19N3O4S/c1-8(2)6-9-7-10(14-13-9)11(15)18-5-4-12-19(3,16)17/h7-8,12H,4-6H2,1-3H3,(H,13,14). The van der Waals surface area contributed by atoms with Gasteiger partial charge >= 0.3 is 5.97 Å². The first-order valence-corrected chi connectivity index (χ1v) is 7.83. The molecule has 7 nitrogen and oxygen atoms in total. The van der Waals surface area contributed by atoms with E-state index in [0.29, 0.717) is 5.92 Å². The minimum atomic E-state index is -3.26. The van der Waals surface area contributed by atoms with Crippen molar-refractivity contribution in [1.29, 1.82) is 0 Å². The molecule has 0 aliphatic rings. The smallest absolute Gasteiger partial charge is 0.358 e. The summed E-state index contributed by atoms with van der Waals surface area (Å²) in [4.78, 5) is 11.6. The summed E-state index contributed by atoms with van der Waals surface area (Å²) in [7, 11) is -3.26. The molecule has 1 aromatic rings. The lowest BCUT2D eigenvalue weighted by atomic mass is 10.1. The van der Waals surface area contributed by atoms with Gasteiger partial charge in [-0.25, -0.2) is 17.9 Å². The van der Waals surface area contributed by atoms with Crippen LogP contribution in [0.1, 0.15) is 30.0 Å². The van der Waals surface area contributed by atoms with Gasteiger partial charge in [0, 0.05) is 12.2 Å². The number of nitrogens with zero attached hydrogens (tertiary/aromatic N) is 1. The topological polar surface area (TPSA) is 101 Å². The molecule has 8 heteroatoms. The van der Waals surface area contributed by atoms with Crippen LogP contribution in [0, 0.1) is 5.92 Å². The second-order valence-electron chi connectivity index (χ2n) is 4.68. The first kappa shape index (κ1) is 15.6. The van der Waals surface area contributed by atoms with Gasteiger partial charge in [0.2, 0.25) is 10.0 Å². The lowest BCUT2D eigenvalue weighted by Crippen LogP contribution is -2.27. The van der Waals surface area contributed by atoms with Crippen LogP contribution in [0.5, 0.6) is 0 Å². The molecule has 0 aliphatic carbocycles. The Morgan fingerprint density at radius 2 is 2.21 bits per heavy atom. The van der Waals surface area contributed by atoms with Gasteiger partial charge < -0.3 is 4.74 Å². The highest BCUT2D eigenvalue weighted by Gasteiger charge is 2.12. The summed E-state index contributed by atoms with van der Waals surface area (Å²) in [6, 6.07) is 1.65. The minimum absolute atomic E-state index is 0.0295. The zero-order chi connectivity index (χ0) is 14.5. The number of aromatic nitrogens is 2. The number of carbonyl (C=O) groups excluding carboxylic acids is 1. The van der Waals surface area contributed by atoms with Crippen LogP contribution in [0.15, 0.2) is 6.07 Å². The maximum Gasteiger partial charge on any atom is 0.358 e. The third kappa shape index (κ3) is 6.35. The van der Waals surface area contributed by atoms with Crippen LogP contribution >= 0.6 is 0 Å². The van der Waals surface area contributed by atoms with Gasteiger partial charge in [-0.05, 0) is 18.4 Å². The summed E-state index contributed by atoms with van der Waals surface area (Å²) in [5, 5.41) is 6.63. The first-order chi connectivity index (χ1) is 8.78. The third-order valence-electron chi connectivity index (χ3n) is 2.17. The molecule has 2 N–H and O–H groups in total. The number of esters is 1. The van der Waals surface area contributed by atoms with Crippen LogP contribution in [0.25, 0.3) is 0 Å². The highest BCUT2D eigenvalue weighted by molar-refractivity contribution is 7.88. The molecular weight excluding hydrogens is 270 g/mol. The van der Waals surface area contributed by atoms with Gasteiger partial charge in [0.05, 0.1) is 6.26 Å². The van der Waals surface area contributed by atoms with Gasteiger partial charge in [-0.15, -0.1) is 0 Å². The Labute approximate surface area is 112 Å². The van der Waals surface area contributed by atoms with E-state index in [4.69, 9.17) is 4.74 Å². The molecule has 0 radical (unpaired) electrons. The summed E-state index contributed by atoms with van der Waals surface area (Å²) in [6.45, 7) is 4.15. The van der Waals surface area contributed by atoms with Gasteiger partial charge in [-0.3, -0.25) is 5.10 Å². The highest BCUT2D eigenvalue weighted by atomic mass is 32.2. The SMILES string of the molecule is CC(C)Cc1cc(C(=O)OCCNS(C)(=O)=O)n[nH]1. The van der Waals surface area contributed by atoms with E-state index < -0.39 is 16.0 Å². The Kier molecular flexibility index (Phi) is 5.49. The lowest BCUT2D eigenvalue weighted by Gasteiger charge is -2.03. The molecule has 0 atom stereocenters. The zero-order valence-electron chi connectivity index (χ0n) is 11.3. The Hall–Kier alpha value is -1.41. The quantitative estimate of drug-likeness (QED) is 0.556. The fraction of sp³-hybridized carbons (Fsp3) is 0.636. The van der Waals surface area contributed by atoms with E-state index >= 15 is 0 Å². The molecule has 1 heterocycles. The maximum absolute atomic E-state index is 11.6. The molecule has 0 fully saturated rings. The first-order valence-electron chi connectivity index (χ1n) is 5.94. The molecule has 19 heavy (non-hydrogen) atoms. The van der Waals surface area contributed by atoms with E-state index in [1.54, 1.807) is 6.07 Å². The van der Waals surface area contributed by atoms with Crippen molar-refractivity contribution < 1.29 is 17.9 Å². The fourth-order valence-electron chi connectivity index (χ4n) is 1.46. The van der Waals surface area contributed by atoms with Crippen LogP contribution in [0.2, 0.25) is 0 Å². The lowest BCUT2D eigenvalue weighted by molar-refractivity contribution is 0.0506. The predicted octanol–water partition coefficient (Wildman–Crippen LogP) is 0.314. The van der Waals surface area contributed by atoms with Gasteiger partial charge in [-0.2, -0.15) is 5.10 Å². The number of carbonyl (C=O) groups is 1. The molecule has 0 spiro atoms. The van der Waals surface area contributed by atoms with Crippen LogP contribution in [0.4, 0.5) is 0 Å². The largest absolute Gasteiger partial charge is 0.460 e. The average molecular weight is 289 g/mol. The van der Waals surface area contributed by atoms with Gasteiger partial charge in [-0.1, -0.05) is 13.8 Å². The van der Waals surface area contributed by atoms with E-state index in [0.717, 1.165) is 18.4 Å². The Morgan fingerprint density at radius 3 is 2.79 bits per heavy atom. The second kappa shape index (κ2) is 6.67. The Bertz CT molecular complexity index is 522. The number of sulfonamides is 1. The predicted molar refractivity (Wildman–Crippen MR) is 70.3 cm³/mol. The number of rotatable bonds is 7. The van der Waals surface area contributed by atoms with E-state index in [2.05, 4.69) is 28.8 Å². The molecule has 0 saturated heterocycles. The summed E-state index contributed by atoms with van der Waals surface area (Å²) < 4.78 is 28.7. The Morgan fingerprint density at radius 1 is 1.53 bits per heavy atom. The van der Waals surface area contributed by atoms with Gasteiger partial charge in [0.1, 0.15) is 6.61 Å². The molecular formula is C11H19N3O4S. The molecule has 0 bridgehead atoms. The second-order valence-corrected chi connectivity index (χ2v) is 6.51. The van der Waals surface area contributed by atoms with E-state index in [9.17, 15) is 13.2 Å². The van der Waals surface area contributed by atoms with Crippen molar-refractivity contribution in [3.05, 3.63) is 17.5 Å². The van der Waals surface area contributed by atoms with Crippen molar-refractivity contribution >= 4 is 16.0 Å². The van der Waals surface area contributed by atoms with Crippen LogP contribution < -0.4 is 4.72 Å². The van der Waals surface area contributed by atoms with Crippen molar-refractivity contribution in [2.45, 2.75) is 20.3 Å². The third-order valence-corrected chi connectivity index (χ3v) is 2.90. The Balaban J connectivity index is 2.39. The summed E-state index contributed by atoms with van der Waals surface area (Å²) in [6.07, 6.45) is 1.84. The summed E-state index contributed by atoms with van der Waals surface area (Å²) >= 11 is 0. The average Bonchev–Trinajstić information content (AvgIpc) is 2.70. The molecule has 0 unspecified atom stereocenters. The van der Waals surface area contributed by atoms with Gasteiger partial charge in [0.15, 0.2) is 5.69 Å². The number of nitrogens with one attached hydrogen (secondary N) is 2. The van der Waals surface area contributed by atoms with Crippen LogP contribution in [-0.2, 0) is 21.2 Å². The van der Waals surface area contributed by atoms with Gasteiger partial charge in [0.25, 0.3) is 0 Å². The molecule has 0 aliphatic heterocycles. The van der Waals surface area contributed by atoms with Crippen molar-refractivity contribution in [2.75, 3.05) is 19.4 Å². The zero-order valence-corrected chi connectivity index (χ0v) is 12.1. The minimum Gasteiger partial charge on any atom is -0.460 e. The van der Waals surface area contributed by atoms with Crippen molar-refractivity contribution in [1.82, 2.24) is 14.9 Å². The summed E-state index contributed by atoms with van der Waals surface area (Å²) in [5.74, 6) is -0.107. The van der Waals surface area contributed by atoms with E-state index in [1.807, 2.05) is 0 Å². The monoisotopic (exact) mass is 289 g/mol.